The maximum atomic E-state index is 12.9. The van der Waals surface area contributed by atoms with Crippen molar-refractivity contribution in [3.8, 4) is 0 Å². The van der Waals surface area contributed by atoms with Crippen molar-refractivity contribution in [1.82, 2.24) is 0 Å². The van der Waals surface area contributed by atoms with Crippen LogP contribution in [0.15, 0.2) is 219 Å². The molecule has 0 rings (SSSR count). The zero-order valence-electron chi connectivity index (χ0n) is 64.0. The first-order valence-electron chi connectivity index (χ1n) is 39.4. The fourth-order valence-electron chi connectivity index (χ4n) is 10.1. The number of unbranched alkanes of at least 4 members (excludes halogenated alkanes) is 20. The lowest BCUT2D eigenvalue weighted by Crippen LogP contribution is -2.37. The second kappa shape index (κ2) is 77.5. The monoisotopic (exact) mass is 1400 g/mol. The van der Waals surface area contributed by atoms with Crippen molar-refractivity contribution in [3.05, 3.63) is 219 Å². The smallest absolute Gasteiger partial charge is 0.306 e. The van der Waals surface area contributed by atoms with Crippen molar-refractivity contribution in [2.24, 2.45) is 0 Å². The van der Waals surface area contributed by atoms with Gasteiger partial charge in [-0.2, -0.15) is 0 Å². The predicted molar refractivity (Wildman–Crippen MR) is 433 cm³/mol. The van der Waals surface area contributed by atoms with Gasteiger partial charge in [-0.1, -0.05) is 335 Å². The van der Waals surface area contributed by atoms with Crippen LogP contribution in [-0.2, 0) is 32.7 Å². The number of esters is 2. The van der Waals surface area contributed by atoms with E-state index in [1.807, 2.05) is 21.1 Å². The van der Waals surface area contributed by atoms with Gasteiger partial charge in [-0.3, -0.25) is 14.2 Å². The van der Waals surface area contributed by atoms with Crippen LogP contribution in [0.25, 0.3) is 0 Å². The minimum absolute atomic E-state index is 0.0479. The van der Waals surface area contributed by atoms with Gasteiger partial charge in [-0.25, -0.2) is 0 Å². The second-order valence-electron chi connectivity index (χ2n) is 26.6. The number of allylic oxidation sites excluding steroid dienone is 36. The quantitative estimate of drug-likeness (QED) is 0.0195. The molecule has 0 aliphatic rings. The normalized spacial score (nSPS) is 14.3. The summed E-state index contributed by atoms with van der Waals surface area (Å²) in [6.07, 6.45) is 123. The second-order valence-corrected chi connectivity index (χ2v) is 28.0. The molecule has 2 atom stereocenters. The molecule has 9 nitrogen and oxygen atoms in total. The zero-order valence-corrected chi connectivity index (χ0v) is 64.9. The summed E-state index contributed by atoms with van der Waals surface area (Å²) in [5.41, 5.74) is 0. The van der Waals surface area contributed by atoms with Crippen LogP contribution in [0.4, 0.5) is 0 Å². The SMILES string of the molecule is CC/C=C\C/C=C\C/C=C\C/C=C\C/C=C\C/C=C\C/C=C\C/C=C\C/C=C\C/C=C\C/C=C\CCCCCC(=O)OC(COC(=O)CCCCCCCCCCCCCCCCCCC/C=C\C/C=C\C/C=C\C/C=C\C/C=C\C/C=C\C/C=C\CC)COP(=O)([O-])OCC[N+](C)(C)C. The highest BCUT2D eigenvalue weighted by atomic mass is 31.2. The summed E-state index contributed by atoms with van der Waals surface area (Å²) in [6, 6.07) is 0. The summed E-state index contributed by atoms with van der Waals surface area (Å²) in [5, 5.41) is 0. The van der Waals surface area contributed by atoms with Gasteiger partial charge in [-0.15, -0.1) is 0 Å². The third-order valence-corrected chi connectivity index (χ3v) is 17.0. The van der Waals surface area contributed by atoms with Crippen LogP contribution in [0.1, 0.15) is 284 Å². The van der Waals surface area contributed by atoms with Gasteiger partial charge in [0.05, 0.1) is 27.7 Å². The molecule has 0 radical (unpaired) electrons. The van der Waals surface area contributed by atoms with Crippen LogP contribution >= 0.6 is 7.82 Å². The van der Waals surface area contributed by atoms with Gasteiger partial charge in [0.1, 0.15) is 19.8 Å². The third-order valence-electron chi connectivity index (χ3n) is 16.0. The molecule has 0 saturated heterocycles. The summed E-state index contributed by atoms with van der Waals surface area (Å²) in [6.45, 7) is 3.96. The summed E-state index contributed by atoms with van der Waals surface area (Å²) in [7, 11) is 1.12. The Morgan fingerprint density at radius 2 is 0.540 bits per heavy atom. The largest absolute Gasteiger partial charge is 0.756 e. The minimum atomic E-state index is -4.67. The van der Waals surface area contributed by atoms with Crippen molar-refractivity contribution in [2.45, 2.75) is 290 Å². The van der Waals surface area contributed by atoms with Crippen molar-refractivity contribution in [3.63, 3.8) is 0 Å². The van der Waals surface area contributed by atoms with Gasteiger partial charge < -0.3 is 27.9 Å². The van der Waals surface area contributed by atoms with Crippen LogP contribution in [0.5, 0.6) is 0 Å². The van der Waals surface area contributed by atoms with Crippen molar-refractivity contribution >= 4 is 19.8 Å². The molecule has 0 fully saturated rings. The molecule has 0 N–H and O–H groups in total. The van der Waals surface area contributed by atoms with Crippen LogP contribution in [-0.4, -0.2) is 70.0 Å². The van der Waals surface area contributed by atoms with Gasteiger partial charge in [0.15, 0.2) is 6.10 Å². The molecule has 2 unspecified atom stereocenters. The average molecular weight is 1400 g/mol. The highest BCUT2D eigenvalue weighted by Crippen LogP contribution is 2.38. The number of hydrogen-bond acceptors (Lipinski definition) is 8. The van der Waals surface area contributed by atoms with Gasteiger partial charge in [0.2, 0.25) is 0 Å². The van der Waals surface area contributed by atoms with Gasteiger partial charge >= 0.3 is 11.9 Å². The van der Waals surface area contributed by atoms with Crippen LogP contribution in [0, 0.1) is 0 Å². The highest BCUT2D eigenvalue weighted by Gasteiger charge is 2.22. The molecule has 0 amide bonds. The topological polar surface area (TPSA) is 111 Å². The number of rotatable bonds is 70. The summed E-state index contributed by atoms with van der Waals surface area (Å²) in [5.74, 6) is -0.881. The fourth-order valence-corrected chi connectivity index (χ4v) is 10.8. The van der Waals surface area contributed by atoms with Crippen molar-refractivity contribution in [1.29, 1.82) is 0 Å². The Morgan fingerprint density at radius 1 is 0.310 bits per heavy atom. The van der Waals surface area contributed by atoms with E-state index in [-0.39, 0.29) is 26.1 Å². The number of phosphoric acid groups is 1. The predicted octanol–water partition coefficient (Wildman–Crippen LogP) is 26.1. The highest BCUT2D eigenvalue weighted by molar-refractivity contribution is 7.45. The summed E-state index contributed by atoms with van der Waals surface area (Å²) >= 11 is 0. The molecule has 0 spiro atoms. The molecule has 100 heavy (non-hydrogen) atoms. The fraction of sp³-hybridized carbons (Fsp3) is 0.578. The van der Waals surface area contributed by atoms with E-state index < -0.39 is 32.5 Å². The lowest BCUT2D eigenvalue weighted by Gasteiger charge is -2.28. The molecule has 0 aliphatic carbocycles. The first kappa shape index (κ1) is 94.3. The number of quaternary nitrogens is 1. The number of hydrogen-bond donors (Lipinski definition) is 0. The molecule has 0 aromatic rings. The summed E-state index contributed by atoms with van der Waals surface area (Å²) < 4.78 is 34.3. The molecule has 0 saturated carbocycles. The Hall–Kier alpha value is -5.67. The number of carbonyl (C=O) groups is 2. The number of phosphoric ester groups is 1. The first-order valence-corrected chi connectivity index (χ1v) is 40.9. The Morgan fingerprint density at radius 3 is 0.810 bits per heavy atom. The third kappa shape index (κ3) is 81.3. The lowest BCUT2D eigenvalue weighted by molar-refractivity contribution is -0.870. The van der Waals surface area contributed by atoms with Crippen molar-refractivity contribution in [2.75, 3.05) is 47.5 Å². The van der Waals surface area contributed by atoms with Crippen molar-refractivity contribution < 1.29 is 42.1 Å². The standard InChI is InChI=1S/C90H144NO8P/c1-6-8-10-12-14-16-18-20-22-24-26-28-30-32-34-36-38-40-42-44-45-47-48-50-52-54-56-58-60-62-64-66-68-70-72-74-76-78-80-82-89(92)96-86-88(87-98-100(94,95)97-85-84-91(3,4)5)99-90(93)83-81-79-77-75-73-71-69-67-65-63-61-59-57-55-53-51-49-46-43-41-39-37-35-33-31-29-27-25-23-21-19-17-15-13-11-9-7-2/h8-11,14-17,20-23,26-29,32-35,38-41,44-46,49,53,55,59,61,65,67,71,73,88H,6-7,12-13,18-19,24-25,30-31,36-37,42-43,47-48,50-52,54,56-58,60,62-64,66,68-70,72,74-87H2,1-5H3/b10-8-,11-9-,16-14-,17-15-,22-20-,23-21-,28-26-,29-27-,34-32-,35-33-,40-38-,41-39-,45-44-,49-46-,55-53-,61-59-,67-65-,73-71-. The number of nitrogens with zero attached hydrogens (tertiary/aromatic N) is 1. The number of ether oxygens (including phenoxy) is 2. The number of likely N-dealkylation sites (N-methyl/N-ethyl adjacent to an activating group) is 1. The lowest BCUT2D eigenvalue weighted by atomic mass is 10.0. The Kier molecular flexibility index (Phi) is 73.1. The maximum absolute atomic E-state index is 12.9. The zero-order chi connectivity index (χ0) is 72.5. The summed E-state index contributed by atoms with van der Waals surface area (Å²) in [4.78, 5) is 38.2. The number of carbonyl (C=O) groups excluding carboxylic acids is 2. The van der Waals surface area contributed by atoms with Crippen LogP contribution in [0.2, 0.25) is 0 Å². The molecular formula is C90H144NO8P. The van der Waals surface area contributed by atoms with Gasteiger partial charge in [-0.05, 0) is 154 Å². The first-order chi connectivity index (χ1) is 49.0. The molecule has 0 bridgehead atoms. The molecule has 0 aliphatic heterocycles. The van der Waals surface area contributed by atoms with E-state index >= 15 is 0 Å². The minimum Gasteiger partial charge on any atom is -0.756 e. The molecule has 0 aromatic heterocycles. The van der Waals surface area contributed by atoms with Crippen LogP contribution < -0.4 is 4.89 Å². The van der Waals surface area contributed by atoms with E-state index in [0.717, 1.165) is 154 Å². The Labute approximate surface area is 614 Å². The Balaban J connectivity index is 4.12. The molecule has 10 heteroatoms. The van der Waals surface area contributed by atoms with E-state index in [4.69, 9.17) is 18.5 Å². The molecule has 0 heterocycles. The molecular weight excluding hydrogens is 1250 g/mol. The average Bonchev–Trinajstić information content (AvgIpc) is 1.02. The molecule has 0 aromatic carbocycles. The maximum Gasteiger partial charge on any atom is 0.306 e. The van der Waals surface area contributed by atoms with E-state index in [2.05, 4.69) is 233 Å². The van der Waals surface area contributed by atoms with E-state index in [9.17, 15) is 19.0 Å². The van der Waals surface area contributed by atoms with E-state index in [1.54, 1.807) is 0 Å². The van der Waals surface area contributed by atoms with E-state index in [1.165, 1.54) is 89.9 Å². The van der Waals surface area contributed by atoms with Gasteiger partial charge in [0, 0.05) is 12.8 Å². The van der Waals surface area contributed by atoms with Crippen LogP contribution in [0.3, 0.4) is 0 Å². The molecule has 562 valence electrons. The Bertz CT molecular complexity index is 2500. The van der Waals surface area contributed by atoms with E-state index in [0.29, 0.717) is 23.9 Å². The van der Waals surface area contributed by atoms with Gasteiger partial charge in [0.25, 0.3) is 7.82 Å².